The number of benzene rings is 1. The van der Waals surface area contributed by atoms with Gasteiger partial charge in [0.1, 0.15) is 5.82 Å². The third-order valence-electron chi connectivity index (χ3n) is 2.48. The molecule has 22 heavy (non-hydrogen) atoms. The predicted molar refractivity (Wildman–Crippen MR) is 80.1 cm³/mol. The maximum atomic E-state index is 12.6. The molecule has 0 bridgehead atoms. The number of hydrogen-bond donors (Lipinski definition) is 0. The molecule has 0 aromatic heterocycles. The van der Waals surface area contributed by atoms with Crippen LogP contribution in [0.15, 0.2) is 24.3 Å². The predicted octanol–water partition coefficient (Wildman–Crippen LogP) is 4.71. The first-order valence-corrected chi connectivity index (χ1v) is 6.35. The van der Waals surface area contributed by atoms with Gasteiger partial charge in [-0.2, -0.15) is 0 Å². The molecule has 0 atom stereocenters. The molecule has 112 valence electrons. The van der Waals surface area contributed by atoms with Crippen molar-refractivity contribution in [2.45, 2.75) is 0 Å². The van der Waals surface area contributed by atoms with Gasteiger partial charge < -0.3 is 15.4 Å². The Morgan fingerprint density at radius 1 is 0.773 bits per heavy atom. The quantitative estimate of drug-likeness (QED) is 0.722. The third kappa shape index (κ3) is 7.28. The van der Waals surface area contributed by atoms with Gasteiger partial charge in [0, 0.05) is 0 Å². The molecule has 2 aliphatic rings. The fraction of sp³-hybridized carbons (Fsp3) is 0. The van der Waals surface area contributed by atoms with Gasteiger partial charge in [-0.25, -0.2) is 4.39 Å². The zero-order valence-electron chi connectivity index (χ0n) is 11.5. The zero-order valence-corrected chi connectivity index (χ0v) is 12.6. The van der Waals surface area contributed by atoms with E-state index in [2.05, 4.69) is 10.6 Å². The number of urea groups is 1. The SMILES string of the molecule is O=C([N-][C]1[CH][CH][CH][CH]1)[N-]c1ccc(F)cc1.[CH]1[CH][CH][CH][CH]1.[Fe+2]. The summed E-state index contributed by atoms with van der Waals surface area (Å²) < 4.78 is 12.6. The van der Waals surface area contributed by atoms with Crippen LogP contribution in [-0.2, 0) is 17.1 Å². The van der Waals surface area contributed by atoms with Gasteiger partial charge in [-0.15, -0.1) is 11.7 Å². The molecule has 3 nitrogen and oxygen atoms in total. The maximum absolute atomic E-state index is 12.6. The van der Waals surface area contributed by atoms with Crippen molar-refractivity contribution in [1.82, 2.24) is 0 Å². The van der Waals surface area contributed by atoms with Crippen molar-refractivity contribution in [3.8, 4) is 0 Å². The summed E-state index contributed by atoms with van der Waals surface area (Å²) in [6, 6.07) is 5.30. The van der Waals surface area contributed by atoms with E-state index in [4.69, 9.17) is 0 Å². The van der Waals surface area contributed by atoms with E-state index in [1.165, 1.54) is 24.3 Å². The van der Waals surface area contributed by atoms with Crippen LogP contribution in [0, 0.1) is 69.6 Å². The van der Waals surface area contributed by atoms with E-state index in [0.29, 0.717) is 11.7 Å². The summed E-state index contributed by atoms with van der Waals surface area (Å²) in [5.74, 6) is -0.362. The molecule has 2 fully saturated rings. The molecule has 2 amide bonds. The molecule has 3 rings (SSSR count). The first kappa shape index (κ1) is 19.0. The molecule has 0 N–H and O–H groups in total. The van der Waals surface area contributed by atoms with Crippen LogP contribution in [0.3, 0.4) is 0 Å². The smallest absolute Gasteiger partial charge is 0.664 e. The second kappa shape index (κ2) is 10.6. The summed E-state index contributed by atoms with van der Waals surface area (Å²) in [6.45, 7) is 0. The average Bonchev–Trinajstić information content (AvgIpc) is 3.16. The van der Waals surface area contributed by atoms with Crippen LogP contribution < -0.4 is 0 Å². The van der Waals surface area contributed by atoms with Gasteiger partial charge >= 0.3 is 17.1 Å². The normalized spacial score (nSPS) is 17.1. The minimum Gasteiger partial charge on any atom is -0.664 e. The molecule has 10 radical (unpaired) electrons. The fourth-order valence-electron chi connectivity index (χ4n) is 1.52. The number of amides is 2. The third-order valence-corrected chi connectivity index (χ3v) is 2.48. The summed E-state index contributed by atoms with van der Waals surface area (Å²) in [5.41, 5.74) is 0.390. The monoisotopic (exact) mass is 336 g/mol. The number of halogens is 1. The molecule has 1 aromatic carbocycles. The van der Waals surface area contributed by atoms with Gasteiger partial charge in [0.25, 0.3) is 0 Å². The minimum absolute atomic E-state index is 0. The van der Waals surface area contributed by atoms with Crippen LogP contribution in [0.25, 0.3) is 10.6 Å². The van der Waals surface area contributed by atoms with E-state index in [1.807, 2.05) is 32.1 Å². The summed E-state index contributed by atoms with van der Waals surface area (Å²) in [6.07, 6.45) is 17.0. The standard InChI is InChI=1S/C12H9FN2O.C5H5.Fe/c13-9-5-7-11(8-6-9)15-12(16)14-10-3-1-2-4-10;1-2-4-5-3-1;/h1-8H,(H-,14,15,16);1-5H;/q-1;;+2/p-1. The van der Waals surface area contributed by atoms with E-state index in [9.17, 15) is 9.18 Å². The zero-order chi connectivity index (χ0) is 14.9. The van der Waals surface area contributed by atoms with Crippen LogP contribution in [0.5, 0.6) is 0 Å². The average molecular weight is 336 g/mol. The molecule has 0 heterocycles. The summed E-state index contributed by atoms with van der Waals surface area (Å²) in [4.78, 5) is 11.3. The van der Waals surface area contributed by atoms with Crippen LogP contribution in [0.2, 0.25) is 0 Å². The van der Waals surface area contributed by atoms with Gasteiger partial charge in [-0.1, -0.05) is 12.1 Å². The van der Waals surface area contributed by atoms with Crippen molar-refractivity contribution >= 4 is 11.7 Å². The van der Waals surface area contributed by atoms with E-state index in [0.717, 1.165) is 0 Å². The van der Waals surface area contributed by atoms with Gasteiger partial charge in [0.15, 0.2) is 0 Å². The minimum atomic E-state index is -0.599. The Bertz CT molecular complexity index is 421. The molecular weight excluding hydrogens is 323 g/mol. The number of rotatable bonds is 2. The number of carbonyl (C=O) groups is 1. The number of nitrogens with zero attached hydrogens (tertiary/aromatic N) is 2. The Hall–Kier alpha value is -1.06. The molecule has 0 saturated heterocycles. The number of carbonyl (C=O) groups excluding carboxylic acids is 1. The van der Waals surface area contributed by atoms with Crippen molar-refractivity contribution < 1.29 is 26.3 Å². The summed E-state index contributed by atoms with van der Waals surface area (Å²) >= 11 is 0. The maximum Gasteiger partial charge on any atom is 2.00 e. The molecule has 1 aromatic rings. The molecule has 0 unspecified atom stereocenters. The van der Waals surface area contributed by atoms with Crippen molar-refractivity contribution in [3.63, 3.8) is 0 Å². The summed E-state index contributed by atoms with van der Waals surface area (Å²) in [7, 11) is 0. The molecule has 2 aliphatic carbocycles. The summed E-state index contributed by atoms with van der Waals surface area (Å²) in [5, 5.41) is 7.44. The molecule has 0 aliphatic heterocycles. The second-order valence-electron chi connectivity index (χ2n) is 4.09. The van der Waals surface area contributed by atoms with Gasteiger partial charge in [0.2, 0.25) is 0 Å². The van der Waals surface area contributed by atoms with E-state index < -0.39 is 6.03 Å². The Morgan fingerprint density at radius 2 is 1.27 bits per heavy atom. The molecular formula is C17H13FFeN2O. The van der Waals surface area contributed by atoms with Crippen LogP contribution in [-0.4, -0.2) is 6.03 Å². The second-order valence-corrected chi connectivity index (χ2v) is 4.09. The van der Waals surface area contributed by atoms with Crippen molar-refractivity contribution in [1.29, 1.82) is 0 Å². The molecule has 0 spiro atoms. The Labute approximate surface area is 142 Å². The Kier molecular flexibility index (Phi) is 9.17. The fourth-order valence-corrected chi connectivity index (χ4v) is 1.52. The largest absolute Gasteiger partial charge is 2.00 e. The number of hydrogen-bond acceptors (Lipinski definition) is 1. The molecule has 2 saturated carbocycles. The molecule has 5 heteroatoms. The van der Waals surface area contributed by atoms with E-state index in [-0.39, 0.29) is 22.9 Å². The van der Waals surface area contributed by atoms with Crippen molar-refractivity contribution in [2.24, 2.45) is 0 Å². The van der Waals surface area contributed by atoms with E-state index in [1.54, 1.807) is 25.7 Å². The topological polar surface area (TPSA) is 45.3 Å². The van der Waals surface area contributed by atoms with E-state index >= 15 is 0 Å². The van der Waals surface area contributed by atoms with Crippen LogP contribution >= 0.6 is 0 Å². The van der Waals surface area contributed by atoms with Gasteiger partial charge in [-0.3, -0.25) is 0 Å². The van der Waals surface area contributed by atoms with Crippen molar-refractivity contribution in [3.05, 3.63) is 105 Å². The van der Waals surface area contributed by atoms with Crippen LogP contribution in [0.1, 0.15) is 0 Å². The first-order chi connectivity index (χ1) is 10.2. The van der Waals surface area contributed by atoms with Gasteiger partial charge in [-0.05, 0) is 76.0 Å². The van der Waals surface area contributed by atoms with Crippen molar-refractivity contribution in [2.75, 3.05) is 0 Å². The van der Waals surface area contributed by atoms with Gasteiger partial charge in [0.05, 0.1) is 0 Å². The first-order valence-electron chi connectivity index (χ1n) is 6.35. The Morgan fingerprint density at radius 3 is 1.77 bits per heavy atom. The Balaban J connectivity index is 0.000000344. The van der Waals surface area contributed by atoms with Crippen LogP contribution in [0.4, 0.5) is 14.9 Å².